The molecule has 0 rings (SSSR count). The molecule has 0 aliphatic rings. The van der Waals surface area contributed by atoms with Gasteiger partial charge in [0.05, 0.1) is 13.1 Å². The monoisotopic (exact) mass is 384 g/mol. The van der Waals surface area contributed by atoms with Crippen LogP contribution in [0.3, 0.4) is 0 Å². The normalized spacial score (nSPS) is 14.1. The number of carbonyl (C=O) groups is 1. The van der Waals surface area contributed by atoms with E-state index in [1.54, 1.807) is 0 Å². The van der Waals surface area contributed by atoms with Crippen molar-refractivity contribution in [1.29, 1.82) is 0 Å². The second kappa shape index (κ2) is 16.1. The Morgan fingerprint density at radius 2 is 1.52 bits per heavy atom. The first kappa shape index (κ1) is 26.1. The van der Waals surface area contributed by atoms with Gasteiger partial charge in [0.25, 0.3) is 0 Å². The number of aliphatic hydroxyl groups excluding tert-OH is 1. The average molecular weight is 385 g/mol. The van der Waals surface area contributed by atoms with Gasteiger partial charge in [-0.2, -0.15) is 0 Å². The van der Waals surface area contributed by atoms with Crippen molar-refractivity contribution in [1.82, 2.24) is 0 Å². The number of aliphatic carboxylic acids is 1. The van der Waals surface area contributed by atoms with E-state index in [1.165, 1.54) is 0 Å². The van der Waals surface area contributed by atoms with E-state index in [2.05, 4.69) is 27.4 Å². The number of quaternary nitrogens is 1. The lowest BCUT2D eigenvalue weighted by Crippen LogP contribution is -2.62. The first-order valence-corrected chi connectivity index (χ1v) is 11.3. The Morgan fingerprint density at radius 1 is 0.926 bits per heavy atom. The van der Waals surface area contributed by atoms with Gasteiger partial charge >= 0.3 is 5.97 Å². The molecule has 0 saturated carbocycles. The molecule has 27 heavy (non-hydrogen) atoms. The molecule has 4 nitrogen and oxygen atoms in total. The molecule has 0 aliphatic heterocycles. The van der Waals surface area contributed by atoms with Gasteiger partial charge in [0.2, 0.25) is 0 Å². The Balaban J connectivity index is 5.36. The van der Waals surface area contributed by atoms with Crippen molar-refractivity contribution >= 4 is 5.97 Å². The molecule has 0 bridgehead atoms. The Bertz CT molecular complexity index is 374. The minimum absolute atomic E-state index is 0.397. The van der Waals surface area contributed by atoms with Crippen LogP contribution in [0, 0.1) is 0 Å². The molecule has 0 heterocycles. The van der Waals surface area contributed by atoms with Crippen molar-refractivity contribution in [3.63, 3.8) is 0 Å². The lowest BCUT2D eigenvalue weighted by Gasteiger charge is -2.44. The van der Waals surface area contributed by atoms with Crippen LogP contribution in [0.1, 0.15) is 97.8 Å². The quantitative estimate of drug-likeness (QED) is 0.174. The Kier molecular flexibility index (Phi) is 15.6. The number of carboxylic acid groups (broad SMARTS) is 1. The average Bonchev–Trinajstić information content (AvgIpc) is 2.63. The van der Waals surface area contributed by atoms with Gasteiger partial charge in [-0.25, -0.2) is 4.79 Å². The van der Waals surface area contributed by atoms with Gasteiger partial charge < -0.3 is 14.7 Å². The Labute approximate surface area is 168 Å². The molecule has 2 unspecified atom stereocenters. The highest BCUT2D eigenvalue weighted by atomic mass is 16.4. The maximum atomic E-state index is 12.2. The van der Waals surface area contributed by atoms with Gasteiger partial charge in [-0.3, -0.25) is 0 Å². The summed E-state index contributed by atoms with van der Waals surface area (Å²) >= 11 is 0. The van der Waals surface area contributed by atoms with Crippen LogP contribution in [0.2, 0.25) is 0 Å². The molecule has 2 N–H and O–H groups in total. The van der Waals surface area contributed by atoms with E-state index < -0.39 is 18.1 Å². The zero-order chi connectivity index (χ0) is 20.5. The van der Waals surface area contributed by atoms with E-state index >= 15 is 0 Å². The van der Waals surface area contributed by atoms with Gasteiger partial charge in [0.15, 0.2) is 6.04 Å². The van der Waals surface area contributed by atoms with Crippen LogP contribution in [0.25, 0.3) is 0 Å². The number of allylic oxidation sites excluding steroid dienone is 1. The molecule has 0 fully saturated rings. The van der Waals surface area contributed by atoms with Gasteiger partial charge in [0.1, 0.15) is 12.6 Å². The fourth-order valence-corrected chi connectivity index (χ4v) is 4.17. The molecular formula is C23H46NO3+. The topological polar surface area (TPSA) is 57.5 Å². The first-order chi connectivity index (χ1) is 13.0. The predicted octanol–water partition coefficient (Wildman–Crippen LogP) is 5.54. The highest BCUT2D eigenvalue weighted by molar-refractivity contribution is 5.72. The number of unbranched alkanes of at least 4 members (excludes halogenated alkanes) is 6. The number of nitrogens with zero attached hydrogens (tertiary/aromatic N) is 1. The molecule has 0 saturated heterocycles. The summed E-state index contributed by atoms with van der Waals surface area (Å²) in [4.78, 5) is 12.2. The summed E-state index contributed by atoms with van der Waals surface area (Å²) in [6.07, 6.45) is 13.4. The fraction of sp³-hybridized carbons (Fsp3) is 0.870. The number of aliphatic hydroxyl groups is 1. The molecular weight excluding hydrogens is 338 g/mol. The van der Waals surface area contributed by atoms with E-state index in [9.17, 15) is 15.0 Å². The van der Waals surface area contributed by atoms with Crippen molar-refractivity contribution in [2.45, 2.75) is 110 Å². The Morgan fingerprint density at radius 3 is 1.96 bits per heavy atom. The smallest absolute Gasteiger partial charge is 0.362 e. The van der Waals surface area contributed by atoms with Crippen LogP contribution < -0.4 is 0 Å². The van der Waals surface area contributed by atoms with E-state index in [0.29, 0.717) is 17.4 Å². The highest BCUT2D eigenvalue weighted by Crippen LogP contribution is 2.25. The first-order valence-electron chi connectivity index (χ1n) is 11.3. The number of carboxylic acids is 1. The summed E-state index contributed by atoms with van der Waals surface area (Å²) in [6.45, 7) is 12.5. The summed E-state index contributed by atoms with van der Waals surface area (Å²) in [5.74, 6) is -0.691. The largest absolute Gasteiger partial charge is 0.477 e. The zero-order valence-corrected chi connectivity index (χ0v) is 18.3. The van der Waals surface area contributed by atoms with E-state index in [0.717, 1.165) is 83.7 Å². The van der Waals surface area contributed by atoms with Gasteiger partial charge in [-0.05, 0) is 51.4 Å². The molecule has 0 aromatic rings. The molecule has 4 heteroatoms. The molecule has 2 atom stereocenters. The molecule has 160 valence electrons. The SMILES string of the molecule is C=CCCCCC(O)C[N+](CCCCC)(CCCCC)C(CCC)C(=O)O. The molecule has 0 aromatic carbocycles. The second-order valence-corrected chi connectivity index (χ2v) is 8.13. The number of hydrogen-bond acceptors (Lipinski definition) is 2. The van der Waals surface area contributed by atoms with Crippen LogP contribution in [-0.4, -0.2) is 52.4 Å². The summed E-state index contributed by atoms with van der Waals surface area (Å²) in [5, 5.41) is 20.8. The fourth-order valence-electron chi connectivity index (χ4n) is 4.17. The maximum Gasteiger partial charge on any atom is 0.362 e. The third kappa shape index (κ3) is 10.9. The summed E-state index contributed by atoms with van der Waals surface area (Å²) in [5.41, 5.74) is 0. The van der Waals surface area contributed by atoms with Crippen molar-refractivity contribution < 1.29 is 19.5 Å². The zero-order valence-electron chi connectivity index (χ0n) is 18.3. The van der Waals surface area contributed by atoms with Crippen LogP contribution >= 0.6 is 0 Å². The van der Waals surface area contributed by atoms with Crippen molar-refractivity contribution in [3.05, 3.63) is 12.7 Å². The van der Waals surface area contributed by atoms with E-state index in [1.807, 2.05) is 6.08 Å². The second-order valence-electron chi connectivity index (χ2n) is 8.13. The number of hydrogen-bond donors (Lipinski definition) is 2. The van der Waals surface area contributed by atoms with Crippen molar-refractivity contribution in [3.8, 4) is 0 Å². The third-order valence-corrected chi connectivity index (χ3v) is 5.69. The Hall–Kier alpha value is -0.870. The van der Waals surface area contributed by atoms with Crippen LogP contribution in [-0.2, 0) is 4.79 Å². The standard InChI is InChI=1S/C23H45NO3/c1-5-9-12-13-17-21(25)20-24(18-14-10-6-2,19-15-11-7-3)22(16-8-4)23(26)27/h5,21-22,25H,1,6-20H2,2-4H3/p+1. The van der Waals surface area contributed by atoms with Crippen LogP contribution in [0.4, 0.5) is 0 Å². The summed E-state index contributed by atoms with van der Waals surface area (Å²) in [7, 11) is 0. The molecule has 0 amide bonds. The summed E-state index contributed by atoms with van der Waals surface area (Å²) < 4.78 is 0.561. The predicted molar refractivity (Wildman–Crippen MR) is 115 cm³/mol. The minimum Gasteiger partial charge on any atom is -0.477 e. The molecule has 0 aliphatic carbocycles. The lowest BCUT2D eigenvalue weighted by molar-refractivity contribution is -0.946. The van der Waals surface area contributed by atoms with E-state index in [4.69, 9.17) is 0 Å². The van der Waals surface area contributed by atoms with Gasteiger partial charge in [-0.1, -0.05) is 46.1 Å². The molecule has 0 radical (unpaired) electrons. The summed E-state index contributed by atoms with van der Waals surface area (Å²) in [6, 6.07) is -0.397. The minimum atomic E-state index is -0.691. The van der Waals surface area contributed by atoms with Crippen molar-refractivity contribution in [2.24, 2.45) is 0 Å². The highest BCUT2D eigenvalue weighted by Gasteiger charge is 2.41. The maximum absolute atomic E-state index is 12.2. The van der Waals surface area contributed by atoms with Crippen molar-refractivity contribution in [2.75, 3.05) is 19.6 Å². The van der Waals surface area contributed by atoms with Gasteiger partial charge in [-0.15, -0.1) is 6.58 Å². The van der Waals surface area contributed by atoms with E-state index in [-0.39, 0.29) is 0 Å². The number of rotatable bonds is 19. The molecule has 0 spiro atoms. The molecule has 0 aromatic heterocycles. The van der Waals surface area contributed by atoms with Crippen LogP contribution in [0.5, 0.6) is 0 Å². The van der Waals surface area contributed by atoms with Crippen LogP contribution in [0.15, 0.2) is 12.7 Å². The van der Waals surface area contributed by atoms with Gasteiger partial charge in [0, 0.05) is 6.42 Å². The lowest BCUT2D eigenvalue weighted by atomic mass is 10.00. The third-order valence-electron chi connectivity index (χ3n) is 5.69.